The first-order valence-corrected chi connectivity index (χ1v) is 10.6. The molecule has 2 aliphatic carbocycles. The van der Waals surface area contributed by atoms with Crippen molar-refractivity contribution in [3.8, 4) is 0 Å². The van der Waals surface area contributed by atoms with Gasteiger partial charge >= 0.3 is 0 Å². The van der Waals surface area contributed by atoms with Crippen molar-refractivity contribution in [2.45, 2.75) is 90.1 Å². The van der Waals surface area contributed by atoms with Crippen LogP contribution >= 0.6 is 12.6 Å². The number of hydrogen-bond donors (Lipinski definition) is 2. The number of aliphatic imine (C=N–C) groups is 1. The Balaban J connectivity index is 2.05. The van der Waals surface area contributed by atoms with Gasteiger partial charge in [0.25, 0.3) is 0 Å². The highest BCUT2D eigenvalue weighted by Gasteiger charge is 2.21. The van der Waals surface area contributed by atoms with Gasteiger partial charge in [-0.1, -0.05) is 45.4 Å². The Morgan fingerprint density at radius 3 is 2.26 bits per heavy atom. The number of thiol groups is 1. The number of guanidine groups is 1. The molecule has 134 valence electrons. The van der Waals surface area contributed by atoms with Gasteiger partial charge in [-0.15, -0.1) is 0 Å². The highest BCUT2D eigenvalue weighted by atomic mass is 32.1. The molecule has 0 aromatic heterocycles. The lowest BCUT2D eigenvalue weighted by atomic mass is 9.95. The molecule has 1 N–H and O–H groups in total. The first-order chi connectivity index (χ1) is 11.2. The van der Waals surface area contributed by atoms with E-state index in [0.29, 0.717) is 18.0 Å². The monoisotopic (exact) mass is 339 g/mol. The molecule has 0 saturated heterocycles. The third-order valence-corrected chi connectivity index (χ3v) is 5.97. The highest BCUT2D eigenvalue weighted by molar-refractivity contribution is 7.80. The molecule has 0 amide bonds. The van der Waals surface area contributed by atoms with Gasteiger partial charge in [-0.05, 0) is 44.3 Å². The number of hydrogen-bond acceptors (Lipinski definition) is 2. The lowest BCUT2D eigenvalue weighted by Crippen LogP contribution is -2.48. The number of nitrogens with zero attached hydrogens (tertiary/aromatic N) is 2. The Hall–Kier alpha value is -0.380. The summed E-state index contributed by atoms with van der Waals surface area (Å²) in [5.41, 5.74) is 0. The summed E-state index contributed by atoms with van der Waals surface area (Å²) in [4.78, 5) is 7.66. The molecule has 4 heteroatoms. The van der Waals surface area contributed by atoms with Crippen LogP contribution in [0.25, 0.3) is 0 Å². The first-order valence-electron chi connectivity index (χ1n) is 9.93. The van der Waals surface area contributed by atoms with Gasteiger partial charge in [0, 0.05) is 19.1 Å². The van der Waals surface area contributed by atoms with Gasteiger partial charge in [0.2, 0.25) is 0 Å². The van der Waals surface area contributed by atoms with Gasteiger partial charge in [0.1, 0.15) is 0 Å². The molecule has 0 spiro atoms. The molecular weight excluding hydrogens is 302 g/mol. The van der Waals surface area contributed by atoms with E-state index in [1.54, 1.807) is 0 Å². The molecule has 0 aromatic rings. The van der Waals surface area contributed by atoms with E-state index in [9.17, 15) is 0 Å². The van der Waals surface area contributed by atoms with Crippen LogP contribution in [0.2, 0.25) is 0 Å². The normalized spacial score (nSPS) is 22.8. The van der Waals surface area contributed by atoms with Crippen LogP contribution in [-0.2, 0) is 0 Å². The van der Waals surface area contributed by atoms with Crippen molar-refractivity contribution in [2.75, 3.05) is 18.8 Å². The van der Waals surface area contributed by atoms with Gasteiger partial charge in [-0.25, -0.2) is 4.99 Å². The second-order valence-electron chi connectivity index (χ2n) is 7.55. The average Bonchev–Trinajstić information content (AvgIpc) is 2.60. The van der Waals surface area contributed by atoms with E-state index in [1.807, 2.05) is 0 Å². The van der Waals surface area contributed by atoms with E-state index >= 15 is 0 Å². The van der Waals surface area contributed by atoms with E-state index in [2.05, 4.69) is 36.7 Å². The number of rotatable bonds is 6. The van der Waals surface area contributed by atoms with E-state index < -0.39 is 0 Å². The zero-order valence-electron chi connectivity index (χ0n) is 15.3. The molecule has 0 aliphatic heterocycles. The SMILES string of the molecule is CCN(CC(C)CS)C(=NC1CCCCC1)NC1CCCCC1. The van der Waals surface area contributed by atoms with Crippen molar-refractivity contribution in [3.05, 3.63) is 0 Å². The van der Waals surface area contributed by atoms with Crippen LogP contribution in [0.3, 0.4) is 0 Å². The minimum atomic E-state index is 0.537. The summed E-state index contributed by atoms with van der Waals surface area (Å²) >= 11 is 4.47. The van der Waals surface area contributed by atoms with Crippen LogP contribution in [0.1, 0.15) is 78.1 Å². The summed E-state index contributed by atoms with van der Waals surface area (Å²) < 4.78 is 0. The molecule has 0 bridgehead atoms. The Morgan fingerprint density at radius 2 is 1.70 bits per heavy atom. The van der Waals surface area contributed by atoms with Gasteiger partial charge < -0.3 is 10.2 Å². The van der Waals surface area contributed by atoms with Gasteiger partial charge in [0.05, 0.1) is 6.04 Å². The number of nitrogens with one attached hydrogen (secondary N) is 1. The van der Waals surface area contributed by atoms with Crippen LogP contribution < -0.4 is 5.32 Å². The summed E-state index contributed by atoms with van der Waals surface area (Å²) in [5, 5.41) is 3.83. The Bertz CT molecular complexity index is 347. The minimum absolute atomic E-state index is 0.537. The summed E-state index contributed by atoms with van der Waals surface area (Å²) in [6.45, 7) is 6.63. The molecule has 2 fully saturated rings. The molecule has 2 saturated carbocycles. The fourth-order valence-corrected chi connectivity index (χ4v) is 3.94. The molecular formula is C19H37N3S. The topological polar surface area (TPSA) is 27.6 Å². The van der Waals surface area contributed by atoms with E-state index in [4.69, 9.17) is 4.99 Å². The quantitative estimate of drug-likeness (QED) is 0.424. The van der Waals surface area contributed by atoms with Gasteiger partial charge in [-0.3, -0.25) is 0 Å². The predicted octanol–water partition coefficient (Wildman–Crippen LogP) is 4.49. The minimum Gasteiger partial charge on any atom is -0.353 e. The largest absolute Gasteiger partial charge is 0.353 e. The zero-order valence-corrected chi connectivity index (χ0v) is 16.2. The summed E-state index contributed by atoms with van der Waals surface area (Å²) in [6.07, 6.45) is 13.4. The molecule has 3 nitrogen and oxygen atoms in total. The lowest BCUT2D eigenvalue weighted by Gasteiger charge is -2.33. The molecule has 0 radical (unpaired) electrons. The van der Waals surface area contributed by atoms with Crippen molar-refractivity contribution < 1.29 is 0 Å². The fourth-order valence-electron chi connectivity index (χ4n) is 3.82. The second kappa shape index (κ2) is 10.5. The molecule has 1 unspecified atom stereocenters. The highest BCUT2D eigenvalue weighted by Crippen LogP contribution is 2.22. The Morgan fingerprint density at radius 1 is 1.09 bits per heavy atom. The van der Waals surface area contributed by atoms with Crippen molar-refractivity contribution in [1.29, 1.82) is 0 Å². The fraction of sp³-hybridized carbons (Fsp3) is 0.947. The molecule has 0 aromatic carbocycles. The maximum atomic E-state index is 5.19. The summed E-state index contributed by atoms with van der Waals surface area (Å²) in [6, 6.07) is 1.17. The van der Waals surface area contributed by atoms with Crippen LogP contribution in [0.5, 0.6) is 0 Å². The average molecular weight is 340 g/mol. The summed E-state index contributed by atoms with van der Waals surface area (Å²) in [7, 11) is 0. The molecule has 2 aliphatic rings. The smallest absolute Gasteiger partial charge is 0.194 e. The van der Waals surface area contributed by atoms with Crippen LogP contribution in [0, 0.1) is 5.92 Å². The third-order valence-electron chi connectivity index (χ3n) is 5.34. The van der Waals surface area contributed by atoms with E-state index in [0.717, 1.165) is 18.8 Å². The molecule has 1 atom stereocenters. The lowest BCUT2D eigenvalue weighted by molar-refractivity contribution is 0.340. The van der Waals surface area contributed by atoms with Gasteiger partial charge in [0.15, 0.2) is 5.96 Å². The standard InChI is InChI=1S/C19H37N3S/c1-3-22(14-16(2)15-23)19(20-17-10-6-4-7-11-17)21-18-12-8-5-9-13-18/h16-18,23H,3-15H2,1-2H3,(H,20,21). The van der Waals surface area contributed by atoms with Crippen molar-refractivity contribution >= 4 is 18.6 Å². The summed E-state index contributed by atoms with van der Waals surface area (Å²) in [5.74, 6) is 2.72. The first kappa shape index (κ1) is 19.0. The van der Waals surface area contributed by atoms with Crippen molar-refractivity contribution in [1.82, 2.24) is 10.2 Å². The second-order valence-corrected chi connectivity index (χ2v) is 7.92. The zero-order chi connectivity index (χ0) is 16.5. The molecule has 0 heterocycles. The van der Waals surface area contributed by atoms with E-state index in [1.165, 1.54) is 70.2 Å². The van der Waals surface area contributed by atoms with Crippen molar-refractivity contribution in [3.63, 3.8) is 0 Å². The molecule has 2 rings (SSSR count). The Labute approximate surface area is 149 Å². The van der Waals surface area contributed by atoms with Crippen LogP contribution in [-0.4, -0.2) is 41.8 Å². The maximum absolute atomic E-state index is 5.19. The maximum Gasteiger partial charge on any atom is 0.194 e. The van der Waals surface area contributed by atoms with E-state index in [-0.39, 0.29) is 0 Å². The Kier molecular flexibility index (Phi) is 8.63. The van der Waals surface area contributed by atoms with Crippen LogP contribution in [0.15, 0.2) is 4.99 Å². The van der Waals surface area contributed by atoms with Crippen LogP contribution in [0.4, 0.5) is 0 Å². The molecule has 23 heavy (non-hydrogen) atoms. The van der Waals surface area contributed by atoms with Gasteiger partial charge in [-0.2, -0.15) is 12.6 Å². The third kappa shape index (κ3) is 6.56. The predicted molar refractivity (Wildman–Crippen MR) is 105 cm³/mol. The van der Waals surface area contributed by atoms with Crippen molar-refractivity contribution in [2.24, 2.45) is 10.9 Å².